The molecule has 2 N–H and O–H groups in total. The van der Waals surface area contributed by atoms with Gasteiger partial charge in [-0.25, -0.2) is 8.42 Å². The molecule has 0 spiro atoms. The van der Waals surface area contributed by atoms with Crippen molar-refractivity contribution < 1.29 is 13.2 Å². The normalized spacial score (nSPS) is 14.9. The van der Waals surface area contributed by atoms with E-state index in [1.54, 1.807) is 0 Å². The van der Waals surface area contributed by atoms with Crippen molar-refractivity contribution in [1.29, 1.82) is 0 Å². The number of anilines is 1. The van der Waals surface area contributed by atoms with E-state index < -0.39 is 10.0 Å². The van der Waals surface area contributed by atoms with E-state index in [1.807, 2.05) is 6.92 Å². The Morgan fingerprint density at radius 3 is 2.44 bits per heavy atom. The van der Waals surface area contributed by atoms with Crippen LogP contribution in [0.15, 0.2) is 36.4 Å². The van der Waals surface area contributed by atoms with E-state index in [1.165, 1.54) is 42.2 Å². The van der Waals surface area contributed by atoms with Gasteiger partial charge in [0.25, 0.3) is 5.91 Å². The predicted octanol–water partition coefficient (Wildman–Crippen LogP) is 4.08. The molecule has 0 bridgehead atoms. The summed E-state index contributed by atoms with van der Waals surface area (Å²) in [4.78, 5) is 12.6. The topological polar surface area (TPSA) is 75.3 Å². The Morgan fingerprint density at radius 2 is 1.78 bits per heavy atom. The molecule has 27 heavy (non-hydrogen) atoms. The van der Waals surface area contributed by atoms with E-state index in [-0.39, 0.29) is 17.0 Å². The molecule has 1 atom stereocenters. The first-order valence-electron chi connectivity index (χ1n) is 8.93. The number of halogens is 1. The summed E-state index contributed by atoms with van der Waals surface area (Å²) in [5, 5.41) is 3.16. The molecule has 0 saturated carbocycles. The van der Waals surface area contributed by atoms with Crippen LogP contribution in [-0.2, 0) is 22.9 Å². The lowest BCUT2D eigenvalue weighted by Gasteiger charge is -2.20. The standard InChI is InChI=1S/C20H23ClN2O3S/c1-13(15-8-7-14-5-3-4-6-16(14)11-15)22-20(24)18-10-9-17(12-19(18)21)23-27(2,25)26/h7-13,23H,3-6H2,1-2H3,(H,22,24)/t13-/m0/s1. The minimum Gasteiger partial charge on any atom is -0.345 e. The maximum atomic E-state index is 12.6. The monoisotopic (exact) mass is 406 g/mol. The summed E-state index contributed by atoms with van der Waals surface area (Å²) in [6, 6.07) is 10.7. The van der Waals surface area contributed by atoms with Crippen molar-refractivity contribution >= 4 is 33.2 Å². The van der Waals surface area contributed by atoms with Gasteiger partial charge in [0.2, 0.25) is 10.0 Å². The molecule has 144 valence electrons. The number of nitrogens with one attached hydrogen (secondary N) is 2. The molecular weight excluding hydrogens is 384 g/mol. The van der Waals surface area contributed by atoms with Crippen LogP contribution in [0.4, 0.5) is 5.69 Å². The predicted molar refractivity (Wildman–Crippen MR) is 109 cm³/mol. The third-order valence-electron chi connectivity index (χ3n) is 4.74. The van der Waals surface area contributed by atoms with Gasteiger partial charge in [0, 0.05) is 5.69 Å². The lowest BCUT2D eigenvalue weighted by molar-refractivity contribution is 0.0940. The molecular formula is C20H23ClN2O3S. The Morgan fingerprint density at radius 1 is 1.07 bits per heavy atom. The van der Waals surface area contributed by atoms with Crippen LogP contribution in [-0.4, -0.2) is 20.6 Å². The summed E-state index contributed by atoms with van der Waals surface area (Å²) < 4.78 is 24.9. The molecule has 2 aromatic rings. The number of hydrogen-bond donors (Lipinski definition) is 2. The molecule has 0 heterocycles. The molecule has 1 aliphatic carbocycles. The van der Waals surface area contributed by atoms with E-state index in [4.69, 9.17) is 11.6 Å². The van der Waals surface area contributed by atoms with Crippen LogP contribution >= 0.6 is 11.6 Å². The number of aryl methyl sites for hydroxylation is 2. The summed E-state index contributed by atoms with van der Waals surface area (Å²) >= 11 is 6.18. The highest BCUT2D eigenvalue weighted by atomic mass is 35.5. The van der Waals surface area contributed by atoms with Gasteiger partial charge in [-0.2, -0.15) is 0 Å². The van der Waals surface area contributed by atoms with Crippen molar-refractivity contribution in [2.75, 3.05) is 11.0 Å². The summed E-state index contributed by atoms with van der Waals surface area (Å²) in [6.07, 6.45) is 5.72. The van der Waals surface area contributed by atoms with Gasteiger partial charge in [-0.15, -0.1) is 0 Å². The zero-order valence-corrected chi connectivity index (χ0v) is 17.0. The van der Waals surface area contributed by atoms with E-state index in [9.17, 15) is 13.2 Å². The van der Waals surface area contributed by atoms with Crippen molar-refractivity contribution in [3.63, 3.8) is 0 Å². The SMILES string of the molecule is C[C@H](NC(=O)c1ccc(NS(C)(=O)=O)cc1Cl)c1ccc2c(c1)CCCC2. The average Bonchev–Trinajstić information content (AvgIpc) is 2.59. The number of rotatable bonds is 5. The number of fused-ring (bicyclic) bond motifs is 1. The molecule has 0 unspecified atom stereocenters. The second-order valence-corrected chi connectivity index (χ2v) is 9.15. The second-order valence-electron chi connectivity index (χ2n) is 7.00. The molecule has 0 saturated heterocycles. The number of carbonyl (C=O) groups excluding carboxylic acids is 1. The maximum Gasteiger partial charge on any atom is 0.253 e. The van der Waals surface area contributed by atoms with E-state index in [0.29, 0.717) is 11.3 Å². The van der Waals surface area contributed by atoms with Gasteiger partial charge in [-0.05, 0) is 67.5 Å². The van der Waals surface area contributed by atoms with Crippen LogP contribution in [0.1, 0.15) is 52.9 Å². The molecule has 1 amide bonds. The smallest absolute Gasteiger partial charge is 0.253 e. The molecule has 0 radical (unpaired) electrons. The fourth-order valence-corrected chi connectivity index (χ4v) is 4.18. The van der Waals surface area contributed by atoms with Crippen molar-refractivity contribution in [1.82, 2.24) is 5.32 Å². The Balaban J connectivity index is 1.73. The van der Waals surface area contributed by atoms with Crippen LogP contribution in [0.3, 0.4) is 0 Å². The largest absolute Gasteiger partial charge is 0.345 e. The average molecular weight is 407 g/mol. The lowest BCUT2D eigenvalue weighted by Crippen LogP contribution is -2.27. The Bertz CT molecular complexity index is 973. The minimum absolute atomic E-state index is 0.158. The van der Waals surface area contributed by atoms with Crippen LogP contribution in [0, 0.1) is 0 Å². The fraction of sp³-hybridized carbons (Fsp3) is 0.350. The highest BCUT2D eigenvalue weighted by molar-refractivity contribution is 7.92. The van der Waals surface area contributed by atoms with Crippen molar-refractivity contribution in [2.45, 2.75) is 38.6 Å². The quantitative estimate of drug-likeness (QED) is 0.785. The van der Waals surface area contributed by atoms with Crippen LogP contribution in [0.2, 0.25) is 5.02 Å². The first kappa shape index (κ1) is 19.7. The molecule has 0 aliphatic heterocycles. The van der Waals surface area contributed by atoms with E-state index in [0.717, 1.165) is 24.7 Å². The summed E-state index contributed by atoms with van der Waals surface area (Å²) in [5.74, 6) is -0.295. The Kier molecular flexibility index (Phi) is 5.77. The van der Waals surface area contributed by atoms with Crippen molar-refractivity contribution in [3.05, 3.63) is 63.7 Å². The molecule has 3 rings (SSSR count). The second kappa shape index (κ2) is 7.90. The van der Waals surface area contributed by atoms with Gasteiger partial charge in [-0.1, -0.05) is 29.8 Å². The number of sulfonamides is 1. The summed E-state index contributed by atoms with van der Waals surface area (Å²) in [7, 11) is -3.40. The van der Waals surface area contributed by atoms with E-state index >= 15 is 0 Å². The van der Waals surface area contributed by atoms with Gasteiger partial charge in [-0.3, -0.25) is 9.52 Å². The van der Waals surface area contributed by atoms with E-state index in [2.05, 4.69) is 28.2 Å². The van der Waals surface area contributed by atoms with Gasteiger partial charge >= 0.3 is 0 Å². The van der Waals surface area contributed by atoms with Crippen molar-refractivity contribution in [2.24, 2.45) is 0 Å². The molecule has 1 aliphatic rings. The number of benzene rings is 2. The number of carbonyl (C=O) groups is 1. The molecule has 0 aromatic heterocycles. The van der Waals surface area contributed by atoms with Gasteiger partial charge < -0.3 is 5.32 Å². The molecule has 5 nitrogen and oxygen atoms in total. The van der Waals surface area contributed by atoms with Gasteiger partial charge in [0.05, 0.1) is 22.9 Å². The minimum atomic E-state index is -3.40. The van der Waals surface area contributed by atoms with Gasteiger partial charge in [0.15, 0.2) is 0 Å². The maximum absolute atomic E-state index is 12.6. The summed E-state index contributed by atoms with van der Waals surface area (Å²) in [6.45, 7) is 1.94. The fourth-order valence-electron chi connectivity index (χ4n) is 3.36. The molecule has 7 heteroatoms. The third kappa shape index (κ3) is 5.02. The van der Waals surface area contributed by atoms with Crippen LogP contribution < -0.4 is 10.0 Å². The molecule has 0 fully saturated rings. The number of hydrogen-bond acceptors (Lipinski definition) is 3. The zero-order chi connectivity index (χ0) is 19.6. The van der Waals surface area contributed by atoms with Crippen molar-refractivity contribution in [3.8, 4) is 0 Å². The highest BCUT2D eigenvalue weighted by Gasteiger charge is 2.17. The zero-order valence-electron chi connectivity index (χ0n) is 15.4. The number of amides is 1. The first-order valence-corrected chi connectivity index (χ1v) is 11.2. The Labute approximate surface area is 165 Å². The first-order chi connectivity index (χ1) is 12.7. The highest BCUT2D eigenvalue weighted by Crippen LogP contribution is 2.26. The van der Waals surface area contributed by atoms with Gasteiger partial charge in [0.1, 0.15) is 0 Å². The molecule has 2 aromatic carbocycles. The third-order valence-corrected chi connectivity index (χ3v) is 5.66. The van der Waals surface area contributed by atoms with Crippen LogP contribution in [0.5, 0.6) is 0 Å². The van der Waals surface area contributed by atoms with Crippen LogP contribution in [0.25, 0.3) is 0 Å². The lowest BCUT2D eigenvalue weighted by atomic mass is 9.89. The summed E-state index contributed by atoms with van der Waals surface area (Å²) in [5.41, 5.74) is 4.47. The Hall–Kier alpha value is -2.05.